The summed E-state index contributed by atoms with van der Waals surface area (Å²) in [4.78, 5) is 0. The van der Waals surface area contributed by atoms with Crippen molar-refractivity contribution in [2.24, 2.45) is 0 Å². The molecule has 0 aliphatic rings. The van der Waals surface area contributed by atoms with Gasteiger partial charge in [-0.2, -0.15) is 0 Å². The van der Waals surface area contributed by atoms with E-state index in [0.29, 0.717) is 13.4 Å². The molecule has 1 N–H and O–H groups in total. The molecule has 1 radical (unpaired) electrons. The SMILES string of the molecule is O[B]Oc1ccc2c(c1)c1ccccc1n2-c1ccccc1. The molecule has 0 spiro atoms. The molecule has 0 amide bonds. The van der Waals surface area contributed by atoms with Crippen LogP contribution in [-0.4, -0.2) is 17.3 Å². The van der Waals surface area contributed by atoms with Crippen molar-refractivity contribution in [1.82, 2.24) is 4.57 Å². The average Bonchev–Trinajstić information content (AvgIpc) is 2.90. The molecule has 0 aliphatic carbocycles. The normalized spacial score (nSPS) is 11.0. The summed E-state index contributed by atoms with van der Waals surface area (Å²) in [5.74, 6) is 0.617. The predicted octanol–water partition coefficient (Wildman–Crippen LogP) is 3.69. The highest BCUT2D eigenvalue weighted by Crippen LogP contribution is 2.33. The van der Waals surface area contributed by atoms with E-state index in [-0.39, 0.29) is 0 Å². The molecule has 0 saturated heterocycles. The van der Waals surface area contributed by atoms with Gasteiger partial charge in [-0.1, -0.05) is 36.4 Å². The molecular weight excluding hydrogens is 273 g/mol. The van der Waals surface area contributed by atoms with Crippen LogP contribution < -0.4 is 4.65 Å². The number of aromatic nitrogens is 1. The van der Waals surface area contributed by atoms with E-state index in [1.807, 2.05) is 48.5 Å². The summed E-state index contributed by atoms with van der Waals surface area (Å²) in [6.07, 6.45) is 0. The van der Waals surface area contributed by atoms with Crippen molar-refractivity contribution in [3.63, 3.8) is 0 Å². The largest absolute Gasteiger partial charge is 0.569 e. The van der Waals surface area contributed by atoms with Gasteiger partial charge < -0.3 is 14.2 Å². The third-order valence-electron chi connectivity index (χ3n) is 3.85. The number of hydrogen-bond acceptors (Lipinski definition) is 2. The molecule has 0 aliphatic heterocycles. The zero-order valence-electron chi connectivity index (χ0n) is 11.8. The van der Waals surface area contributed by atoms with Crippen molar-refractivity contribution in [2.75, 3.05) is 0 Å². The minimum Gasteiger partial charge on any atom is -0.537 e. The van der Waals surface area contributed by atoms with Gasteiger partial charge in [0, 0.05) is 16.5 Å². The number of rotatable bonds is 3. The molecule has 1 heterocycles. The summed E-state index contributed by atoms with van der Waals surface area (Å²) in [6.45, 7) is 0. The van der Waals surface area contributed by atoms with E-state index in [0.717, 1.165) is 27.5 Å². The van der Waals surface area contributed by atoms with E-state index in [1.165, 1.54) is 0 Å². The summed E-state index contributed by atoms with van der Waals surface area (Å²) < 4.78 is 7.33. The highest BCUT2D eigenvalue weighted by atomic mass is 16.5. The van der Waals surface area contributed by atoms with Crippen LogP contribution in [0.5, 0.6) is 5.75 Å². The Hall–Kier alpha value is -2.72. The number of benzene rings is 3. The lowest BCUT2D eigenvalue weighted by atomic mass is 10.1. The van der Waals surface area contributed by atoms with E-state index < -0.39 is 0 Å². The second-order valence-corrected chi connectivity index (χ2v) is 5.09. The first-order valence-corrected chi connectivity index (χ1v) is 7.09. The minimum absolute atomic E-state index is 0.617. The van der Waals surface area contributed by atoms with Gasteiger partial charge in [-0.05, 0) is 36.4 Å². The molecule has 4 aromatic rings. The third kappa shape index (κ3) is 1.97. The van der Waals surface area contributed by atoms with Crippen LogP contribution in [0.3, 0.4) is 0 Å². The predicted molar refractivity (Wildman–Crippen MR) is 89.4 cm³/mol. The van der Waals surface area contributed by atoms with Crippen LogP contribution in [0.15, 0.2) is 72.8 Å². The lowest BCUT2D eigenvalue weighted by Crippen LogP contribution is -1.99. The van der Waals surface area contributed by atoms with Crippen molar-refractivity contribution < 1.29 is 9.68 Å². The molecule has 4 heteroatoms. The number of fused-ring (bicyclic) bond motifs is 3. The van der Waals surface area contributed by atoms with Crippen molar-refractivity contribution in [1.29, 1.82) is 0 Å². The zero-order valence-corrected chi connectivity index (χ0v) is 11.8. The maximum Gasteiger partial charge on any atom is 0.569 e. The smallest absolute Gasteiger partial charge is 0.537 e. The number of hydrogen-bond donors (Lipinski definition) is 1. The quantitative estimate of drug-likeness (QED) is 0.583. The van der Waals surface area contributed by atoms with Crippen LogP contribution >= 0.6 is 0 Å². The molecule has 0 unspecified atom stereocenters. The molecule has 3 aromatic carbocycles. The van der Waals surface area contributed by atoms with Crippen LogP contribution in [0.1, 0.15) is 0 Å². The lowest BCUT2D eigenvalue weighted by Gasteiger charge is -2.07. The fraction of sp³-hybridized carbons (Fsp3) is 0. The van der Waals surface area contributed by atoms with Gasteiger partial charge in [-0.15, -0.1) is 0 Å². The topological polar surface area (TPSA) is 34.4 Å². The van der Waals surface area contributed by atoms with Crippen LogP contribution in [0.2, 0.25) is 0 Å². The Morgan fingerprint density at radius 3 is 2.32 bits per heavy atom. The first kappa shape index (κ1) is 13.0. The molecule has 0 saturated carbocycles. The van der Waals surface area contributed by atoms with Gasteiger partial charge in [0.15, 0.2) is 0 Å². The molecule has 1 aromatic heterocycles. The summed E-state index contributed by atoms with van der Waals surface area (Å²) in [6, 6.07) is 24.4. The maximum absolute atomic E-state index is 8.84. The fourth-order valence-corrected chi connectivity index (χ4v) is 2.94. The highest BCUT2D eigenvalue weighted by Gasteiger charge is 2.12. The zero-order chi connectivity index (χ0) is 14.9. The van der Waals surface area contributed by atoms with Crippen molar-refractivity contribution >= 4 is 29.5 Å². The Morgan fingerprint density at radius 2 is 1.50 bits per heavy atom. The molecule has 22 heavy (non-hydrogen) atoms. The molecule has 0 bridgehead atoms. The van der Waals surface area contributed by atoms with Crippen molar-refractivity contribution in [2.45, 2.75) is 0 Å². The molecule has 0 atom stereocenters. The van der Waals surface area contributed by atoms with Gasteiger partial charge in [-0.3, -0.25) is 0 Å². The lowest BCUT2D eigenvalue weighted by molar-refractivity contribution is 0.454. The van der Waals surface area contributed by atoms with E-state index in [1.54, 1.807) is 0 Å². The van der Waals surface area contributed by atoms with Crippen LogP contribution in [0.25, 0.3) is 27.5 Å². The Kier molecular flexibility index (Phi) is 3.09. The monoisotopic (exact) mass is 286 g/mol. The first-order valence-electron chi connectivity index (χ1n) is 7.09. The summed E-state index contributed by atoms with van der Waals surface area (Å²) in [7, 11) is 0.706. The van der Waals surface area contributed by atoms with Crippen molar-refractivity contribution in [3.05, 3.63) is 72.8 Å². The Labute approximate surface area is 128 Å². The average molecular weight is 286 g/mol. The molecule has 0 fully saturated rings. The van der Waals surface area contributed by atoms with Crippen LogP contribution in [0, 0.1) is 0 Å². The maximum atomic E-state index is 8.84. The van der Waals surface area contributed by atoms with E-state index in [2.05, 4.69) is 28.8 Å². The Balaban J connectivity index is 2.10. The second-order valence-electron chi connectivity index (χ2n) is 5.09. The second kappa shape index (κ2) is 5.24. The van der Waals surface area contributed by atoms with Crippen LogP contribution in [0.4, 0.5) is 0 Å². The first-order chi connectivity index (χ1) is 10.9. The third-order valence-corrected chi connectivity index (χ3v) is 3.85. The van der Waals surface area contributed by atoms with Gasteiger partial charge in [0.05, 0.1) is 11.0 Å². The van der Waals surface area contributed by atoms with Gasteiger partial charge in [0.25, 0.3) is 0 Å². The Morgan fingerprint density at radius 1 is 0.773 bits per heavy atom. The fourth-order valence-electron chi connectivity index (χ4n) is 2.94. The van der Waals surface area contributed by atoms with Gasteiger partial charge in [0.1, 0.15) is 5.75 Å². The van der Waals surface area contributed by atoms with Gasteiger partial charge in [0.2, 0.25) is 0 Å². The minimum atomic E-state index is 0.617. The van der Waals surface area contributed by atoms with Crippen LogP contribution in [-0.2, 0) is 0 Å². The molecule has 3 nitrogen and oxygen atoms in total. The summed E-state index contributed by atoms with van der Waals surface area (Å²) >= 11 is 0. The molecule has 105 valence electrons. The summed E-state index contributed by atoms with van der Waals surface area (Å²) in [5, 5.41) is 11.1. The molecule has 4 rings (SSSR count). The standard InChI is InChI=1S/C18H13BNO2/c21-19-22-14-10-11-18-16(12-14)15-8-4-5-9-17(15)20(18)13-6-2-1-3-7-13/h1-12,21H. The van der Waals surface area contributed by atoms with Crippen molar-refractivity contribution in [3.8, 4) is 11.4 Å². The van der Waals surface area contributed by atoms with E-state index in [9.17, 15) is 0 Å². The highest BCUT2D eigenvalue weighted by molar-refractivity contribution is 6.17. The molecular formula is C18H13BNO2. The summed E-state index contributed by atoms with van der Waals surface area (Å²) in [5.41, 5.74) is 3.38. The number of nitrogens with zero attached hydrogens (tertiary/aromatic N) is 1. The van der Waals surface area contributed by atoms with E-state index in [4.69, 9.17) is 9.68 Å². The van der Waals surface area contributed by atoms with Gasteiger partial charge in [-0.25, -0.2) is 0 Å². The van der Waals surface area contributed by atoms with Gasteiger partial charge >= 0.3 is 7.69 Å². The number of para-hydroxylation sites is 2. The Bertz CT molecular complexity index is 947. The van der Waals surface area contributed by atoms with E-state index >= 15 is 0 Å².